The molecule has 0 radical (unpaired) electrons. The molecule has 2 nitrogen and oxygen atoms in total. The van der Waals surface area contributed by atoms with Crippen molar-refractivity contribution in [2.24, 2.45) is 11.3 Å². The fourth-order valence-corrected chi connectivity index (χ4v) is 2.49. The van der Waals surface area contributed by atoms with Gasteiger partial charge in [0.1, 0.15) is 0 Å². The van der Waals surface area contributed by atoms with Gasteiger partial charge in [-0.3, -0.25) is 4.79 Å². The maximum Gasteiger partial charge on any atom is 0.233 e. The smallest absolute Gasteiger partial charge is 0.233 e. The maximum atomic E-state index is 11.9. The first kappa shape index (κ1) is 13.9. The molecular formula is C13H25NOS. The van der Waals surface area contributed by atoms with Crippen LogP contribution in [0.1, 0.15) is 53.4 Å². The molecule has 2 atom stereocenters. The van der Waals surface area contributed by atoms with E-state index >= 15 is 0 Å². The molecule has 1 aliphatic rings. The lowest BCUT2D eigenvalue weighted by atomic mass is 9.75. The van der Waals surface area contributed by atoms with E-state index in [2.05, 4.69) is 31.8 Å². The van der Waals surface area contributed by atoms with E-state index in [1.165, 1.54) is 12.8 Å². The van der Waals surface area contributed by atoms with Crippen LogP contribution in [-0.2, 0) is 4.79 Å². The number of amides is 1. The molecular weight excluding hydrogens is 218 g/mol. The second-order valence-corrected chi connectivity index (χ2v) is 6.71. The van der Waals surface area contributed by atoms with Crippen molar-refractivity contribution in [3.05, 3.63) is 0 Å². The SMILES string of the molecule is CC(C)C(S)C(=O)NC1CCCC(C)(C)C1. The van der Waals surface area contributed by atoms with Gasteiger partial charge in [0, 0.05) is 6.04 Å². The number of thiol groups is 1. The third kappa shape index (κ3) is 4.00. The highest BCUT2D eigenvalue weighted by Gasteiger charge is 2.30. The predicted molar refractivity (Wildman–Crippen MR) is 71.8 cm³/mol. The van der Waals surface area contributed by atoms with E-state index in [0.717, 1.165) is 12.8 Å². The van der Waals surface area contributed by atoms with Gasteiger partial charge in [-0.1, -0.05) is 34.1 Å². The van der Waals surface area contributed by atoms with Gasteiger partial charge in [-0.15, -0.1) is 0 Å². The number of hydrogen-bond donors (Lipinski definition) is 2. The zero-order valence-electron chi connectivity index (χ0n) is 10.9. The summed E-state index contributed by atoms with van der Waals surface area (Å²) in [7, 11) is 0. The van der Waals surface area contributed by atoms with E-state index in [9.17, 15) is 4.79 Å². The fraction of sp³-hybridized carbons (Fsp3) is 0.923. The largest absolute Gasteiger partial charge is 0.352 e. The third-order valence-corrected chi connectivity index (χ3v) is 4.28. The first-order chi connectivity index (χ1) is 7.32. The van der Waals surface area contributed by atoms with Crippen LogP contribution in [0.2, 0.25) is 0 Å². The molecule has 1 rings (SSSR count). The Morgan fingerprint density at radius 2 is 2.06 bits per heavy atom. The lowest BCUT2D eigenvalue weighted by molar-refractivity contribution is -0.122. The summed E-state index contributed by atoms with van der Waals surface area (Å²) < 4.78 is 0. The van der Waals surface area contributed by atoms with Crippen LogP contribution in [0.5, 0.6) is 0 Å². The zero-order valence-corrected chi connectivity index (χ0v) is 11.8. The molecule has 0 heterocycles. The highest BCUT2D eigenvalue weighted by Crippen LogP contribution is 2.35. The van der Waals surface area contributed by atoms with E-state index < -0.39 is 0 Å². The molecule has 0 aliphatic heterocycles. The third-order valence-electron chi connectivity index (χ3n) is 3.45. The van der Waals surface area contributed by atoms with Crippen molar-refractivity contribution in [2.75, 3.05) is 0 Å². The summed E-state index contributed by atoms with van der Waals surface area (Å²) in [5, 5.41) is 2.96. The summed E-state index contributed by atoms with van der Waals surface area (Å²) in [6.45, 7) is 8.63. The lowest BCUT2D eigenvalue weighted by Crippen LogP contribution is -2.44. The van der Waals surface area contributed by atoms with Crippen molar-refractivity contribution in [1.29, 1.82) is 0 Å². The quantitative estimate of drug-likeness (QED) is 0.733. The first-order valence-corrected chi connectivity index (χ1v) is 6.82. The van der Waals surface area contributed by atoms with Gasteiger partial charge in [0.05, 0.1) is 5.25 Å². The van der Waals surface area contributed by atoms with Crippen LogP contribution in [-0.4, -0.2) is 17.2 Å². The standard InChI is InChI=1S/C13H25NOS/c1-9(2)11(16)12(15)14-10-6-5-7-13(3,4)8-10/h9-11,16H,5-8H2,1-4H3,(H,14,15). The molecule has 0 aromatic carbocycles. The number of nitrogens with one attached hydrogen (secondary N) is 1. The Balaban J connectivity index is 2.45. The molecule has 0 bridgehead atoms. The average molecular weight is 243 g/mol. The van der Waals surface area contributed by atoms with E-state index in [-0.39, 0.29) is 11.2 Å². The molecule has 0 aromatic heterocycles. The van der Waals surface area contributed by atoms with Crippen molar-refractivity contribution >= 4 is 18.5 Å². The Labute approximate surface area is 105 Å². The van der Waals surface area contributed by atoms with Gasteiger partial charge in [-0.25, -0.2) is 0 Å². The number of carbonyl (C=O) groups is 1. The molecule has 0 aromatic rings. The summed E-state index contributed by atoms with van der Waals surface area (Å²) in [6, 6.07) is 0.352. The van der Waals surface area contributed by atoms with Crippen molar-refractivity contribution in [3.63, 3.8) is 0 Å². The van der Waals surface area contributed by atoms with Crippen LogP contribution in [0.15, 0.2) is 0 Å². The summed E-state index contributed by atoms with van der Waals surface area (Å²) in [4.78, 5) is 11.9. The summed E-state index contributed by atoms with van der Waals surface area (Å²) in [5.74, 6) is 0.390. The molecule has 0 saturated heterocycles. The minimum absolute atomic E-state index is 0.0982. The van der Waals surface area contributed by atoms with Crippen molar-refractivity contribution in [3.8, 4) is 0 Å². The zero-order chi connectivity index (χ0) is 12.3. The van der Waals surface area contributed by atoms with Crippen molar-refractivity contribution < 1.29 is 4.79 Å². The number of carbonyl (C=O) groups excluding carboxylic acids is 1. The highest BCUT2D eigenvalue weighted by atomic mass is 32.1. The molecule has 16 heavy (non-hydrogen) atoms. The van der Waals surface area contributed by atoms with Gasteiger partial charge in [0.15, 0.2) is 0 Å². The van der Waals surface area contributed by atoms with Gasteiger partial charge in [0.2, 0.25) is 5.91 Å². The Hall–Kier alpha value is -0.180. The van der Waals surface area contributed by atoms with Crippen molar-refractivity contribution in [2.45, 2.75) is 64.7 Å². The van der Waals surface area contributed by atoms with Crippen molar-refractivity contribution in [1.82, 2.24) is 5.32 Å². The first-order valence-electron chi connectivity index (χ1n) is 6.30. The topological polar surface area (TPSA) is 29.1 Å². The summed E-state index contributed by atoms with van der Waals surface area (Å²) in [6.07, 6.45) is 4.70. The van der Waals surface area contributed by atoms with Gasteiger partial charge < -0.3 is 5.32 Å². The fourth-order valence-electron chi connectivity index (χ4n) is 2.41. The number of rotatable bonds is 3. The molecule has 3 heteroatoms. The van der Waals surface area contributed by atoms with Crippen LogP contribution < -0.4 is 5.32 Å². The second-order valence-electron chi connectivity index (χ2n) is 6.15. The molecule has 1 fully saturated rings. The van der Waals surface area contributed by atoms with Crippen LogP contribution >= 0.6 is 12.6 Å². The summed E-state index contributed by atoms with van der Waals surface area (Å²) >= 11 is 4.35. The molecule has 1 amide bonds. The molecule has 1 N–H and O–H groups in total. The Kier molecular flexibility index (Phi) is 4.72. The lowest BCUT2D eigenvalue weighted by Gasteiger charge is -2.36. The molecule has 94 valence electrons. The second kappa shape index (κ2) is 5.44. The minimum Gasteiger partial charge on any atom is -0.352 e. The van der Waals surface area contributed by atoms with Gasteiger partial charge >= 0.3 is 0 Å². The van der Waals surface area contributed by atoms with Crippen LogP contribution in [0.4, 0.5) is 0 Å². The van der Waals surface area contributed by atoms with Gasteiger partial charge in [-0.05, 0) is 30.6 Å². The normalized spacial score (nSPS) is 26.5. The van der Waals surface area contributed by atoms with Crippen LogP contribution in [0.3, 0.4) is 0 Å². The molecule has 0 spiro atoms. The number of hydrogen-bond acceptors (Lipinski definition) is 2. The Morgan fingerprint density at radius 3 is 2.56 bits per heavy atom. The predicted octanol–water partition coefficient (Wildman–Crippen LogP) is 3.03. The van der Waals surface area contributed by atoms with E-state index in [1.807, 2.05) is 13.8 Å². The molecule has 1 aliphatic carbocycles. The molecule has 1 saturated carbocycles. The van der Waals surface area contributed by atoms with Gasteiger partial charge in [0.25, 0.3) is 0 Å². The maximum absolute atomic E-state index is 11.9. The summed E-state index contributed by atoms with van der Waals surface area (Å²) in [5.41, 5.74) is 0.375. The Morgan fingerprint density at radius 1 is 1.44 bits per heavy atom. The van der Waals surface area contributed by atoms with E-state index in [0.29, 0.717) is 17.4 Å². The minimum atomic E-state index is -0.176. The van der Waals surface area contributed by atoms with Crippen LogP contribution in [0.25, 0.3) is 0 Å². The van der Waals surface area contributed by atoms with E-state index in [1.54, 1.807) is 0 Å². The van der Waals surface area contributed by atoms with E-state index in [4.69, 9.17) is 0 Å². The van der Waals surface area contributed by atoms with Gasteiger partial charge in [-0.2, -0.15) is 12.6 Å². The average Bonchev–Trinajstić information content (AvgIpc) is 2.14. The molecule has 2 unspecified atom stereocenters. The Bertz CT molecular complexity index is 250. The monoisotopic (exact) mass is 243 g/mol. The van der Waals surface area contributed by atoms with Crippen LogP contribution in [0, 0.1) is 11.3 Å². The highest BCUT2D eigenvalue weighted by molar-refractivity contribution is 7.81.